The zero-order chi connectivity index (χ0) is 13.4. The van der Waals surface area contributed by atoms with Gasteiger partial charge in [0.2, 0.25) is 0 Å². The number of carbonyl (C=O) groups excluding carboxylic acids is 1. The van der Waals surface area contributed by atoms with E-state index in [2.05, 4.69) is 9.88 Å². The summed E-state index contributed by atoms with van der Waals surface area (Å²) in [7, 11) is 0. The van der Waals surface area contributed by atoms with E-state index in [9.17, 15) is 4.79 Å². The maximum absolute atomic E-state index is 12.7. The Labute approximate surface area is 114 Å². The molecule has 1 aromatic heterocycles. The molecule has 4 nitrogen and oxygen atoms in total. The van der Waals surface area contributed by atoms with Crippen molar-refractivity contribution >= 4 is 5.91 Å². The van der Waals surface area contributed by atoms with Crippen molar-refractivity contribution in [1.29, 1.82) is 0 Å². The van der Waals surface area contributed by atoms with E-state index in [0.29, 0.717) is 17.7 Å². The zero-order valence-electron chi connectivity index (χ0n) is 11.8. The monoisotopic (exact) mass is 262 g/mol. The SMILES string of the molecule is CC(C)c1ocnc1C(=O)N1CCCC2CCCC21. The number of rotatable bonds is 2. The minimum Gasteiger partial charge on any atom is -0.447 e. The quantitative estimate of drug-likeness (QED) is 0.822. The van der Waals surface area contributed by atoms with Crippen LogP contribution in [0, 0.1) is 5.92 Å². The van der Waals surface area contributed by atoms with Crippen molar-refractivity contribution in [2.75, 3.05) is 6.54 Å². The standard InChI is InChI=1S/C15H22N2O2/c1-10(2)14-13(16-9-19-14)15(18)17-8-4-6-11-5-3-7-12(11)17/h9-12H,3-8H2,1-2H3. The van der Waals surface area contributed by atoms with Crippen LogP contribution in [-0.2, 0) is 0 Å². The second kappa shape index (κ2) is 4.99. The number of carbonyl (C=O) groups is 1. The van der Waals surface area contributed by atoms with Crippen molar-refractivity contribution in [3.8, 4) is 0 Å². The van der Waals surface area contributed by atoms with Gasteiger partial charge in [0.05, 0.1) is 0 Å². The fourth-order valence-electron chi connectivity index (χ4n) is 3.67. The van der Waals surface area contributed by atoms with E-state index >= 15 is 0 Å². The first kappa shape index (κ1) is 12.7. The van der Waals surface area contributed by atoms with Crippen LogP contribution in [0.3, 0.4) is 0 Å². The van der Waals surface area contributed by atoms with Gasteiger partial charge in [0.15, 0.2) is 12.1 Å². The average molecular weight is 262 g/mol. The van der Waals surface area contributed by atoms with Gasteiger partial charge in [0, 0.05) is 18.5 Å². The summed E-state index contributed by atoms with van der Waals surface area (Å²) in [6.07, 6.45) is 7.51. The van der Waals surface area contributed by atoms with Crippen molar-refractivity contribution in [2.24, 2.45) is 5.92 Å². The van der Waals surface area contributed by atoms with Crippen LogP contribution in [0.15, 0.2) is 10.8 Å². The lowest BCUT2D eigenvalue weighted by atomic mass is 9.91. The van der Waals surface area contributed by atoms with Gasteiger partial charge in [-0.1, -0.05) is 20.3 Å². The highest BCUT2D eigenvalue weighted by molar-refractivity contribution is 5.93. The molecule has 2 atom stereocenters. The van der Waals surface area contributed by atoms with Crippen LogP contribution in [0.4, 0.5) is 0 Å². The summed E-state index contributed by atoms with van der Waals surface area (Å²) in [4.78, 5) is 19.0. The molecule has 2 fully saturated rings. The molecule has 1 amide bonds. The van der Waals surface area contributed by atoms with Gasteiger partial charge in [0.1, 0.15) is 5.76 Å². The summed E-state index contributed by atoms with van der Waals surface area (Å²) >= 11 is 0. The Morgan fingerprint density at radius 3 is 2.95 bits per heavy atom. The highest BCUT2D eigenvalue weighted by Crippen LogP contribution is 2.37. The number of amides is 1. The fraction of sp³-hybridized carbons (Fsp3) is 0.733. The van der Waals surface area contributed by atoms with Crippen LogP contribution in [-0.4, -0.2) is 28.4 Å². The molecule has 2 unspecified atom stereocenters. The number of nitrogens with zero attached hydrogens (tertiary/aromatic N) is 2. The predicted octanol–water partition coefficient (Wildman–Crippen LogP) is 3.20. The lowest BCUT2D eigenvalue weighted by Gasteiger charge is -2.37. The predicted molar refractivity (Wildman–Crippen MR) is 72.0 cm³/mol. The summed E-state index contributed by atoms with van der Waals surface area (Å²) in [5.41, 5.74) is 0.530. The van der Waals surface area contributed by atoms with Crippen LogP contribution in [0.2, 0.25) is 0 Å². The van der Waals surface area contributed by atoms with Gasteiger partial charge in [-0.15, -0.1) is 0 Å². The molecule has 0 spiro atoms. The average Bonchev–Trinajstić information content (AvgIpc) is 3.05. The molecule has 0 N–H and O–H groups in total. The van der Waals surface area contributed by atoms with E-state index in [1.54, 1.807) is 0 Å². The topological polar surface area (TPSA) is 46.3 Å². The van der Waals surface area contributed by atoms with Gasteiger partial charge in [-0.25, -0.2) is 4.98 Å². The van der Waals surface area contributed by atoms with Crippen molar-refractivity contribution in [3.05, 3.63) is 17.8 Å². The molecule has 104 valence electrons. The molecule has 1 saturated carbocycles. The van der Waals surface area contributed by atoms with Gasteiger partial charge < -0.3 is 9.32 Å². The molecule has 2 heterocycles. The third-order valence-electron chi connectivity index (χ3n) is 4.58. The number of likely N-dealkylation sites (tertiary alicyclic amines) is 1. The molecule has 2 aliphatic rings. The van der Waals surface area contributed by atoms with E-state index in [-0.39, 0.29) is 11.8 Å². The fourth-order valence-corrected chi connectivity index (χ4v) is 3.67. The molecule has 1 aliphatic heterocycles. The third kappa shape index (κ3) is 2.17. The molecule has 4 heteroatoms. The van der Waals surface area contributed by atoms with Gasteiger partial charge >= 0.3 is 0 Å². The Morgan fingerprint density at radius 1 is 1.37 bits per heavy atom. The Bertz CT molecular complexity index is 466. The minimum absolute atomic E-state index is 0.0778. The summed E-state index contributed by atoms with van der Waals surface area (Å²) in [6.45, 7) is 4.95. The van der Waals surface area contributed by atoms with Crippen LogP contribution >= 0.6 is 0 Å². The third-order valence-corrected chi connectivity index (χ3v) is 4.58. The van der Waals surface area contributed by atoms with E-state index in [1.807, 2.05) is 13.8 Å². The van der Waals surface area contributed by atoms with E-state index in [1.165, 1.54) is 25.7 Å². The summed E-state index contributed by atoms with van der Waals surface area (Å²) in [5, 5.41) is 0. The highest BCUT2D eigenvalue weighted by Gasteiger charge is 2.39. The molecule has 0 bridgehead atoms. The van der Waals surface area contributed by atoms with Gasteiger partial charge in [-0.05, 0) is 31.6 Å². The van der Waals surface area contributed by atoms with E-state index in [0.717, 1.165) is 25.1 Å². The molecule has 3 rings (SSSR count). The normalized spacial score (nSPS) is 26.8. The van der Waals surface area contributed by atoms with E-state index < -0.39 is 0 Å². The van der Waals surface area contributed by atoms with Crippen molar-refractivity contribution in [1.82, 2.24) is 9.88 Å². The molecular weight excluding hydrogens is 240 g/mol. The molecule has 19 heavy (non-hydrogen) atoms. The molecule has 1 saturated heterocycles. The molecule has 1 aromatic rings. The van der Waals surface area contributed by atoms with Gasteiger partial charge in [-0.3, -0.25) is 4.79 Å². The maximum atomic E-state index is 12.7. The zero-order valence-corrected chi connectivity index (χ0v) is 11.8. The summed E-state index contributed by atoms with van der Waals surface area (Å²) in [5.74, 6) is 1.72. The number of hydrogen-bond donors (Lipinski definition) is 0. The Hall–Kier alpha value is -1.32. The first-order valence-electron chi connectivity index (χ1n) is 7.43. The van der Waals surface area contributed by atoms with Gasteiger partial charge in [0.25, 0.3) is 5.91 Å². The largest absolute Gasteiger partial charge is 0.447 e. The number of aromatic nitrogens is 1. The maximum Gasteiger partial charge on any atom is 0.276 e. The smallest absolute Gasteiger partial charge is 0.276 e. The first-order chi connectivity index (χ1) is 9.18. The second-order valence-electron chi connectivity index (χ2n) is 6.12. The number of piperidine rings is 1. The van der Waals surface area contributed by atoms with Crippen molar-refractivity contribution in [3.63, 3.8) is 0 Å². The lowest BCUT2D eigenvalue weighted by molar-refractivity contribution is 0.0540. The number of fused-ring (bicyclic) bond motifs is 1. The van der Waals surface area contributed by atoms with Crippen LogP contribution in [0.25, 0.3) is 0 Å². The molecule has 0 aromatic carbocycles. The first-order valence-corrected chi connectivity index (χ1v) is 7.43. The van der Waals surface area contributed by atoms with Gasteiger partial charge in [-0.2, -0.15) is 0 Å². The Kier molecular flexibility index (Phi) is 3.33. The van der Waals surface area contributed by atoms with E-state index in [4.69, 9.17) is 4.42 Å². The highest BCUT2D eigenvalue weighted by atomic mass is 16.3. The van der Waals surface area contributed by atoms with Crippen molar-refractivity contribution in [2.45, 2.75) is 57.9 Å². The number of oxazole rings is 1. The minimum atomic E-state index is 0.0778. The van der Waals surface area contributed by atoms with Crippen LogP contribution in [0.1, 0.15) is 68.1 Å². The molecule has 1 aliphatic carbocycles. The Balaban J connectivity index is 1.84. The number of hydrogen-bond acceptors (Lipinski definition) is 3. The summed E-state index contributed by atoms with van der Waals surface area (Å²) < 4.78 is 5.39. The second-order valence-corrected chi connectivity index (χ2v) is 6.12. The van der Waals surface area contributed by atoms with Crippen LogP contribution in [0.5, 0.6) is 0 Å². The van der Waals surface area contributed by atoms with Crippen LogP contribution < -0.4 is 0 Å². The molecule has 0 radical (unpaired) electrons. The Morgan fingerprint density at radius 2 is 2.16 bits per heavy atom. The molecular formula is C15H22N2O2. The lowest BCUT2D eigenvalue weighted by Crippen LogP contribution is -2.46. The van der Waals surface area contributed by atoms with Crippen molar-refractivity contribution < 1.29 is 9.21 Å². The summed E-state index contributed by atoms with van der Waals surface area (Å²) in [6, 6.07) is 0.443.